The van der Waals surface area contributed by atoms with E-state index in [4.69, 9.17) is 10.8 Å². The van der Waals surface area contributed by atoms with Gasteiger partial charge in [-0.3, -0.25) is 0 Å². The van der Waals surface area contributed by atoms with Crippen molar-refractivity contribution in [2.45, 2.75) is 6.54 Å². The Kier molecular flexibility index (Phi) is 2.09. The van der Waals surface area contributed by atoms with Crippen molar-refractivity contribution in [3.05, 3.63) is 18.3 Å². The van der Waals surface area contributed by atoms with Crippen LogP contribution >= 0.6 is 0 Å². The number of nitrogen functional groups attached to an aromatic ring is 1. The summed E-state index contributed by atoms with van der Waals surface area (Å²) < 4.78 is 1.26. The molecule has 6 nitrogen and oxygen atoms in total. The number of nitrogens with two attached hydrogens (primary N) is 1. The summed E-state index contributed by atoms with van der Waals surface area (Å²) in [6, 6.07) is 0. The Morgan fingerprint density at radius 3 is 2.92 bits per heavy atom. The van der Waals surface area contributed by atoms with Gasteiger partial charge in [0, 0.05) is 0 Å². The van der Waals surface area contributed by atoms with Gasteiger partial charge in [-0.2, -0.15) is 0 Å². The minimum absolute atomic E-state index is 0.0439. The first-order valence-electron chi connectivity index (χ1n) is 3.20. The molecule has 1 aromatic heterocycles. The minimum atomic E-state index is -1.18. The maximum atomic E-state index is 10.4. The lowest BCUT2D eigenvalue weighted by molar-refractivity contribution is 0.0691. The van der Waals surface area contributed by atoms with Crippen LogP contribution in [0.2, 0.25) is 0 Å². The molecule has 12 heavy (non-hydrogen) atoms. The van der Waals surface area contributed by atoms with E-state index >= 15 is 0 Å². The van der Waals surface area contributed by atoms with Gasteiger partial charge < -0.3 is 10.8 Å². The van der Waals surface area contributed by atoms with Crippen molar-refractivity contribution in [2.24, 2.45) is 0 Å². The van der Waals surface area contributed by atoms with E-state index in [9.17, 15) is 4.79 Å². The first kappa shape index (κ1) is 8.25. The van der Waals surface area contributed by atoms with Crippen molar-refractivity contribution in [3.63, 3.8) is 0 Å². The SMILES string of the molecule is C=CCn1nnc(C(=O)O)c1N. The Morgan fingerprint density at radius 1 is 1.83 bits per heavy atom. The van der Waals surface area contributed by atoms with Crippen LogP contribution < -0.4 is 5.73 Å². The first-order chi connectivity index (χ1) is 5.66. The Labute approximate surface area is 68.3 Å². The third kappa shape index (κ3) is 1.26. The molecule has 64 valence electrons. The van der Waals surface area contributed by atoms with E-state index in [1.165, 1.54) is 4.68 Å². The summed E-state index contributed by atoms with van der Waals surface area (Å²) in [5.41, 5.74) is 5.17. The summed E-state index contributed by atoms with van der Waals surface area (Å²) in [6.45, 7) is 3.81. The molecule has 0 aliphatic heterocycles. The lowest BCUT2D eigenvalue weighted by Crippen LogP contribution is -2.06. The molecule has 0 aliphatic carbocycles. The fourth-order valence-electron chi connectivity index (χ4n) is 0.730. The van der Waals surface area contributed by atoms with Gasteiger partial charge in [-0.1, -0.05) is 11.3 Å². The van der Waals surface area contributed by atoms with Crippen LogP contribution in [0.15, 0.2) is 12.7 Å². The van der Waals surface area contributed by atoms with Gasteiger partial charge in [-0.25, -0.2) is 9.48 Å². The van der Waals surface area contributed by atoms with Crippen LogP contribution in [-0.4, -0.2) is 26.1 Å². The molecular formula is C6H8N4O2. The van der Waals surface area contributed by atoms with Crippen LogP contribution in [0.3, 0.4) is 0 Å². The standard InChI is InChI=1S/C6H8N4O2/c1-2-3-10-5(7)4(6(11)12)8-9-10/h2H,1,3,7H2,(H,11,12). The molecule has 1 aromatic rings. The van der Waals surface area contributed by atoms with Crippen LogP contribution in [0, 0.1) is 0 Å². The lowest BCUT2D eigenvalue weighted by Gasteiger charge is -1.95. The molecule has 0 bridgehead atoms. The van der Waals surface area contributed by atoms with Crippen molar-refractivity contribution in [3.8, 4) is 0 Å². The molecule has 0 fully saturated rings. The number of anilines is 1. The van der Waals surface area contributed by atoms with Gasteiger partial charge in [-0.15, -0.1) is 11.7 Å². The Morgan fingerprint density at radius 2 is 2.50 bits per heavy atom. The highest BCUT2D eigenvalue weighted by molar-refractivity contribution is 5.90. The third-order valence-electron chi connectivity index (χ3n) is 1.28. The predicted octanol–water partition coefficient (Wildman–Crippen LogP) is -0.255. The van der Waals surface area contributed by atoms with E-state index in [1.807, 2.05) is 0 Å². The number of carboxylic acid groups (broad SMARTS) is 1. The Bertz CT molecular complexity index is 317. The van der Waals surface area contributed by atoms with Gasteiger partial charge in [0.05, 0.1) is 6.54 Å². The molecule has 0 saturated heterocycles. The van der Waals surface area contributed by atoms with E-state index in [2.05, 4.69) is 16.9 Å². The average molecular weight is 168 g/mol. The van der Waals surface area contributed by atoms with Gasteiger partial charge >= 0.3 is 5.97 Å². The van der Waals surface area contributed by atoms with Gasteiger partial charge in [0.1, 0.15) is 0 Å². The number of rotatable bonds is 3. The number of allylic oxidation sites excluding steroid dienone is 1. The molecule has 0 atom stereocenters. The monoisotopic (exact) mass is 168 g/mol. The Hall–Kier alpha value is -1.85. The van der Waals surface area contributed by atoms with Crippen LogP contribution in [0.4, 0.5) is 5.82 Å². The molecule has 0 aliphatic rings. The van der Waals surface area contributed by atoms with Crippen LogP contribution in [0.25, 0.3) is 0 Å². The molecule has 0 saturated carbocycles. The van der Waals surface area contributed by atoms with E-state index in [1.54, 1.807) is 6.08 Å². The van der Waals surface area contributed by atoms with Gasteiger partial charge in [0.2, 0.25) is 5.69 Å². The number of carbonyl (C=O) groups is 1. The maximum absolute atomic E-state index is 10.4. The molecule has 0 spiro atoms. The lowest BCUT2D eigenvalue weighted by atomic mass is 10.4. The van der Waals surface area contributed by atoms with Crippen molar-refractivity contribution in [1.29, 1.82) is 0 Å². The molecular weight excluding hydrogens is 160 g/mol. The van der Waals surface area contributed by atoms with E-state index < -0.39 is 5.97 Å². The largest absolute Gasteiger partial charge is 0.476 e. The van der Waals surface area contributed by atoms with Crippen molar-refractivity contribution in [2.75, 3.05) is 5.73 Å². The zero-order chi connectivity index (χ0) is 9.14. The van der Waals surface area contributed by atoms with Crippen LogP contribution in [0.1, 0.15) is 10.5 Å². The molecule has 6 heteroatoms. The maximum Gasteiger partial charge on any atom is 0.360 e. The summed E-state index contributed by atoms with van der Waals surface area (Å²) in [5.74, 6) is -1.13. The summed E-state index contributed by atoms with van der Waals surface area (Å²) in [5, 5.41) is 15.4. The van der Waals surface area contributed by atoms with Gasteiger partial charge in [0.25, 0.3) is 0 Å². The molecule has 0 unspecified atom stereocenters. The number of aromatic carboxylic acids is 1. The molecule has 0 amide bonds. The topological polar surface area (TPSA) is 94.0 Å². The first-order valence-corrected chi connectivity index (χ1v) is 3.20. The second kappa shape index (κ2) is 3.04. The van der Waals surface area contributed by atoms with Crippen molar-refractivity contribution >= 4 is 11.8 Å². The fraction of sp³-hybridized carbons (Fsp3) is 0.167. The number of hydrogen-bond acceptors (Lipinski definition) is 4. The summed E-state index contributed by atoms with van der Waals surface area (Å²) in [4.78, 5) is 10.4. The second-order valence-electron chi connectivity index (χ2n) is 2.10. The van der Waals surface area contributed by atoms with E-state index in [0.29, 0.717) is 6.54 Å². The number of nitrogens with zero attached hydrogens (tertiary/aromatic N) is 3. The van der Waals surface area contributed by atoms with Gasteiger partial charge in [0.15, 0.2) is 5.82 Å². The highest BCUT2D eigenvalue weighted by atomic mass is 16.4. The van der Waals surface area contributed by atoms with E-state index in [0.717, 1.165) is 0 Å². The molecule has 0 aromatic carbocycles. The zero-order valence-electron chi connectivity index (χ0n) is 6.27. The molecule has 0 radical (unpaired) electrons. The highest BCUT2D eigenvalue weighted by Crippen LogP contribution is 2.06. The third-order valence-corrected chi connectivity index (χ3v) is 1.28. The van der Waals surface area contributed by atoms with Crippen LogP contribution in [0.5, 0.6) is 0 Å². The normalized spacial score (nSPS) is 9.67. The second-order valence-corrected chi connectivity index (χ2v) is 2.10. The van der Waals surface area contributed by atoms with E-state index in [-0.39, 0.29) is 11.5 Å². The van der Waals surface area contributed by atoms with Crippen molar-refractivity contribution < 1.29 is 9.90 Å². The fourth-order valence-corrected chi connectivity index (χ4v) is 0.730. The Balaban J connectivity index is 3.03. The summed E-state index contributed by atoms with van der Waals surface area (Å²) in [6.07, 6.45) is 1.55. The van der Waals surface area contributed by atoms with Crippen LogP contribution in [-0.2, 0) is 6.54 Å². The number of hydrogen-bond donors (Lipinski definition) is 2. The zero-order valence-corrected chi connectivity index (χ0v) is 6.27. The quantitative estimate of drug-likeness (QED) is 0.606. The smallest absolute Gasteiger partial charge is 0.360 e. The average Bonchev–Trinajstić information content (AvgIpc) is 2.34. The summed E-state index contributed by atoms with van der Waals surface area (Å²) in [7, 11) is 0. The highest BCUT2D eigenvalue weighted by Gasteiger charge is 2.14. The van der Waals surface area contributed by atoms with Crippen molar-refractivity contribution in [1.82, 2.24) is 15.0 Å². The van der Waals surface area contributed by atoms with Gasteiger partial charge in [-0.05, 0) is 0 Å². The minimum Gasteiger partial charge on any atom is -0.476 e. The molecule has 1 rings (SSSR count). The molecule has 3 N–H and O–H groups in total. The predicted molar refractivity (Wildman–Crippen MR) is 41.6 cm³/mol. The number of aromatic nitrogens is 3. The molecule has 1 heterocycles. The summed E-state index contributed by atoms with van der Waals surface area (Å²) >= 11 is 0. The number of carboxylic acids is 1.